The highest BCUT2D eigenvalue weighted by Gasteiger charge is 2.39. The van der Waals surface area contributed by atoms with Gasteiger partial charge in [-0.25, -0.2) is 9.97 Å². The van der Waals surface area contributed by atoms with Crippen molar-refractivity contribution >= 4 is 40.4 Å². The van der Waals surface area contributed by atoms with Crippen LogP contribution in [0.15, 0.2) is 36.4 Å². The lowest BCUT2D eigenvalue weighted by Crippen LogP contribution is -2.33. The first-order valence-electron chi connectivity index (χ1n) is 14.3. The van der Waals surface area contributed by atoms with Gasteiger partial charge in [-0.15, -0.1) is 0 Å². The Bertz CT molecular complexity index is 1160. The van der Waals surface area contributed by atoms with E-state index >= 15 is 0 Å². The van der Waals surface area contributed by atoms with Crippen LogP contribution in [0.3, 0.4) is 0 Å². The normalized spacial score (nSPS) is 20.4. The summed E-state index contributed by atoms with van der Waals surface area (Å²) in [7, 11) is 0. The number of amides is 3. The van der Waals surface area contributed by atoms with E-state index in [1.165, 1.54) is 0 Å². The van der Waals surface area contributed by atoms with E-state index in [1.807, 2.05) is 19.1 Å². The Morgan fingerprint density at radius 3 is 2.34 bits per heavy atom. The Balaban J connectivity index is 1.18. The van der Waals surface area contributed by atoms with E-state index in [-0.39, 0.29) is 29.6 Å². The number of fused-ring (bicyclic) bond motifs is 3. The summed E-state index contributed by atoms with van der Waals surface area (Å²) in [6, 6.07) is 7.28. The molecule has 2 bridgehead atoms. The third-order valence-corrected chi connectivity index (χ3v) is 7.84. The van der Waals surface area contributed by atoms with Gasteiger partial charge in [0.1, 0.15) is 11.6 Å². The van der Waals surface area contributed by atoms with Gasteiger partial charge in [-0.1, -0.05) is 45.3 Å². The molecule has 0 aromatic carbocycles. The minimum absolute atomic E-state index is 0.0143. The van der Waals surface area contributed by atoms with Gasteiger partial charge in [-0.3, -0.25) is 14.4 Å². The number of nitrogens with one attached hydrogen (secondary N) is 3. The number of rotatable bonds is 14. The molecular weight excluding hydrogens is 478 g/mol. The number of carbonyl (C=O) groups is 3. The molecule has 8 heteroatoms. The summed E-state index contributed by atoms with van der Waals surface area (Å²) in [4.78, 5) is 46.4. The molecule has 1 saturated carbocycles. The van der Waals surface area contributed by atoms with E-state index in [9.17, 15) is 14.4 Å². The van der Waals surface area contributed by atoms with Gasteiger partial charge in [-0.05, 0) is 74.6 Å². The summed E-state index contributed by atoms with van der Waals surface area (Å²) >= 11 is 0. The molecule has 0 radical (unpaired) electrons. The zero-order valence-electron chi connectivity index (χ0n) is 22.7. The smallest absolute Gasteiger partial charge is 0.228 e. The summed E-state index contributed by atoms with van der Waals surface area (Å²) < 4.78 is 0. The minimum Gasteiger partial charge on any atom is -0.356 e. The Morgan fingerprint density at radius 1 is 0.921 bits per heavy atom. The molecule has 0 spiro atoms. The fourth-order valence-electron chi connectivity index (χ4n) is 5.56. The number of allylic oxidation sites excluding steroid dienone is 2. The standard InChI is InChI=1S/C30H41N5O3/c1-3-5-9-21(4-2)29(37)35-26-16-14-22-13-15-25(33-28(22)34-26)32-27(36)10-7-6-8-17-31-30(38)24-19-20-11-12-23(24)18-20/h11-16,20-21,23-24H,3-10,17-19H2,1-2H3,(H,31,38)(H2,32,33,34,35,36,37). The van der Waals surface area contributed by atoms with Crippen LogP contribution in [0.4, 0.5) is 11.6 Å². The summed E-state index contributed by atoms with van der Waals surface area (Å²) in [5.74, 6) is 2.13. The third kappa shape index (κ3) is 7.39. The molecule has 2 aromatic rings. The van der Waals surface area contributed by atoms with Crippen LogP contribution in [0.5, 0.6) is 0 Å². The maximum Gasteiger partial charge on any atom is 0.228 e. The van der Waals surface area contributed by atoms with E-state index in [2.05, 4.69) is 45.0 Å². The molecule has 0 aliphatic heterocycles. The van der Waals surface area contributed by atoms with Crippen molar-refractivity contribution in [2.75, 3.05) is 17.2 Å². The number of unbranched alkanes of at least 4 members (excludes halogenated alkanes) is 3. The molecule has 3 amide bonds. The molecule has 2 aromatic heterocycles. The number of pyridine rings is 2. The molecule has 8 nitrogen and oxygen atoms in total. The third-order valence-electron chi connectivity index (χ3n) is 7.84. The van der Waals surface area contributed by atoms with Crippen molar-refractivity contribution in [3.05, 3.63) is 36.4 Å². The zero-order valence-corrected chi connectivity index (χ0v) is 22.7. The number of anilines is 2. The van der Waals surface area contributed by atoms with E-state index in [4.69, 9.17) is 0 Å². The van der Waals surface area contributed by atoms with Crippen LogP contribution in [0.2, 0.25) is 0 Å². The van der Waals surface area contributed by atoms with Gasteiger partial charge < -0.3 is 16.0 Å². The Labute approximate surface area is 225 Å². The molecule has 38 heavy (non-hydrogen) atoms. The Morgan fingerprint density at radius 2 is 1.68 bits per heavy atom. The molecule has 3 N–H and O–H groups in total. The van der Waals surface area contributed by atoms with Crippen molar-refractivity contribution in [3.63, 3.8) is 0 Å². The first-order valence-corrected chi connectivity index (χ1v) is 14.3. The molecule has 1 fully saturated rings. The molecule has 4 atom stereocenters. The van der Waals surface area contributed by atoms with Crippen molar-refractivity contribution in [3.8, 4) is 0 Å². The van der Waals surface area contributed by atoms with Crippen molar-refractivity contribution in [2.24, 2.45) is 23.7 Å². The van der Waals surface area contributed by atoms with E-state index in [1.54, 1.807) is 12.1 Å². The fourth-order valence-corrected chi connectivity index (χ4v) is 5.56. The van der Waals surface area contributed by atoms with E-state index in [0.717, 1.165) is 63.2 Å². The second kappa shape index (κ2) is 13.5. The van der Waals surface area contributed by atoms with E-state index in [0.29, 0.717) is 42.1 Å². The van der Waals surface area contributed by atoms with Crippen molar-refractivity contribution in [2.45, 2.75) is 78.1 Å². The molecule has 0 saturated heterocycles. The van der Waals surface area contributed by atoms with Crippen LogP contribution >= 0.6 is 0 Å². The lowest BCUT2D eigenvalue weighted by molar-refractivity contribution is -0.125. The fraction of sp³-hybridized carbons (Fsp3) is 0.567. The molecule has 2 aliphatic rings. The van der Waals surface area contributed by atoms with Gasteiger partial charge in [0.05, 0.1) is 0 Å². The van der Waals surface area contributed by atoms with Crippen LogP contribution in [-0.2, 0) is 14.4 Å². The van der Waals surface area contributed by atoms with E-state index < -0.39 is 0 Å². The van der Waals surface area contributed by atoms with Gasteiger partial charge in [0.2, 0.25) is 17.7 Å². The van der Waals surface area contributed by atoms with Gasteiger partial charge in [0.15, 0.2) is 5.65 Å². The highest BCUT2D eigenvalue weighted by molar-refractivity contribution is 5.93. The largest absolute Gasteiger partial charge is 0.356 e. The predicted octanol–water partition coefficient (Wildman–Crippen LogP) is 5.61. The molecule has 204 valence electrons. The maximum absolute atomic E-state index is 12.6. The summed E-state index contributed by atoms with van der Waals surface area (Å²) in [5.41, 5.74) is 0.476. The second-order valence-electron chi connectivity index (χ2n) is 10.7. The summed E-state index contributed by atoms with van der Waals surface area (Å²) in [5, 5.41) is 9.68. The summed E-state index contributed by atoms with van der Waals surface area (Å²) in [6.45, 7) is 4.81. The van der Waals surface area contributed by atoms with Crippen LogP contribution in [0, 0.1) is 23.7 Å². The maximum atomic E-state index is 12.6. The molecule has 4 rings (SSSR count). The topological polar surface area (TPSA) is 113 Å². The predicted molar refractivity (Wildman–Crippen MR) is 150 cm³/mol. The monoisotopic (exact) mass is 519 g/mol. The van der Waals surface area contributed by atoms with Gasteiger partial charge in [0.25, 0.3) is 0 Å². The van der Waals surface area contributed by atoms with Crippen molar-refractivity contribution in [1.82, 2.24) is 15.3 Å². The van der Waals surface area contributed by atoms with Gasteiger partial charge in [0, 0.05) is 30.2 Å². The van der Waals surface area contributed by atoms with Gasteiger partial charge >= 0.3 is 0 Å². The van der Waals surface area contributed by atoms with Crippen LogP contribution < -0.4 is 16.0 Å². The number of nitrogens with zero attached hydrogens (tertiary/aromatic N) is 2. The SMILES string of the molecule is CCCCC(CC)C(=O)Nc1ccc2ccc(NC(=O)CCCCCNC(=O)C3CC4C=CC3C4)nc2n1. The first-order chi connectivity index (χ1) is 18.5. The summed E-state index contributed by atoms with van der Waals surface area (Å²) in [6.07, 6.45) is 13.2. The van der Waals surface area contributed by atoms with Crippen molar-refractivity contribution < 1.29 is 14.4 Å². The molecule has 4 unspecified atom stereocenters. The van der Waals surface area contributed by atoms with Crippen LogP contribution in [0.1, 0.15) is 78.1 Å². The average Bonchev–Trinajstić information content (AvgIpc) is 3.55. The average molecular weight is 520 g/mol. The quantitative estimate of drug-likeness (QED) is 0.222. The lowest BCUT2D eigenvalue weighted by Gasteiger charge is -2.17. The molecule has 2 heterocycles. The highest BCUT2D eigenvalue weighted by atomic mass is 16.2. The number of hydrogen-bond acceptors (Lipinski definition) is 5. The number of aromatic nitrogens is 2. The molecule has 2 aliphatic carbocycles. The Kier molecular flexibility index (Phi) is 9.85. The number of carbonyl (C=O) groups excluding carboxylic acids is 3. The van der Waals surface area contributed by atoms with Crippen LogP contribution in [-0.4, -0.2) is 34.2 Å². The first kappa shape index (κ1) is 27.7. The second-order valence-corrected chi connectivity index (χ2v) is 10.7. The molecular formula is C30H41N5O3. The number of hydrogen-bond donors (Lipinski definition) is 3. The Hall–Kier alpha value is -3.29. The van der Waals surface area contributed by atoms with Gasteiger partial charge in [-0.2, -0.15) is 0 Å². The lowest BCUT2D eigenvalue weighted by atomic mass is 9.93. The van der Waals surface area contributed by atoms with Crippen LogP contribution in [0.25, 0.3) is 11.0 Å². The zero-order chi connectivity index (χ0) is 26.9. The minimum atomic E-state index is -0.0965. The highest BCUT2D eigenvalue weighted by Crippen LogP contribution is 2.43. The van der Waals surface area contributed by atoms with Crippen molar-refractivity contribution in [1.29, 1.82) is 0 Å².